The van der Waals surface area contributed by atoms with E-state index in [0.29, 0.717) is 6.04 Å². The number of ether oxygens (including phenoxy) is 1. The second-order valence-electron chi connectivity index (χ2n) is 7.19. The number of benzene rings is 2. The summed E-state index contributed by atoms with van der Waals surface area (Å²) in [6, 6.07) is 18.0. The molecule has 0 N–H and O–H groups in total. The minimum absolute atomic E-state index is 0.0931. The lowest BCUT2D eigenvalue weighted by atomic mass is 9.98. The fourth-order valence-electron chi connectivity index (χ4n) is 4.22. The molecule has 0 saturated carbocycles. The highest BCUT2D eigenvalue weighted by Crippen LogP contribution is 2.47. The predicted molar refractivity (Wildman–Crippen MR) is 89.9 cm³/mol. The second-order valence-corrected chi connectivity index (χ2v) is 7.19. The minimum Gasteiger partial charge on any atom is -0.370 e. The fourth-order valence-corrected chi connectivity index (χ4v) is 4.22. The molecule has 2 nitrogen and oxygen atoms in total. The lowest BCUT2D eigenvalue weighted by Crippen LogP contribution is -2.52. The van der Waals surface area contributed by atoms with Crippen LogP contribution in [-0.2, 0) is 4.74 Å². The monoisotopic (exact) mass is 293 g/mol. The van der Waals surface area contributed by atoms with E-state index < -0.39 is 0 Å². The Balaban J connectivity index is 1.81. The molecule has 1 aliphatic carbocycles. The highest BCUT2D eigenvalue weighted by Gasteiger charge is 2.39. The first-order chi connectivity index (χ1) is 10.6. The number of hydrogen-bond acceptors (Lipinski definition) is 2. The molecule has 1 heterocycles. The van der Waals surface area contributed by atoms with Crippen LogP contribution in [0.2, 0.25) is 0 Å². The molecular formula is C20H23NO. The zero-order valence-electron chi connectivity index (χ0n) is 13.5. The maximum absolute atomic E-state index is 6.10. The third-order valence-electron chi connectivity index (χ3n) is 4.76. The fraction of sp³-hybridized carbons (Fsp3) is 0.400. The SMILES string of the molecule is CC1CN(C2c3ccccc3-c3ccccc32)CC(C)(C)O1. The van der Waals surface area contributed by atoms with Crippen LogP contribution in [0, 0.1) is 0 Å². The molecule has 0 bridgehead atoms. The molecule has 0 amide bonds. The zero-order chi connectivity index (χ0) is 15.3. The Hall–Kier alpha value is -1.64. The maximum atomic E-state index is 6.10. The van der Waals surface area contributed by atoms with E-state index in [1.807, 2.05) is 0 Å². The van der Waals surface area contributed by atoms with Crippen LogP contribution >= 0.6 is 0 Å². The van der Waals surface area contributed by atoms with Crippen LogP contribution in [0.25, 0.3) is 11.1 Å². The molecule has 0 radical (unpaired) electrons. The normalized spacial score (nSPS) is 24.0. The lowest BCUT2D eigenvalue weighted by Gasteiger charge is -2.44. The second kappa shape index (κ2) is 4.94. The molecule has 0 spiro atoms. The van der Waals surface area contributed by atoms with Gasteiger partial charge in [0.05, 0.1) is 17.7 Å². The van der Waals surface area contributed by atoms with Gasteiger partial charge in [0.25, 0.3) is 0 Å². The summed E-state index contributed by atoms with van der Waals surface area (Å²) in [5.74, 6) is 0. The maximum Gasteiger partial charge on any atom is 0.0757 e. The standard InChI is InChI=1S/C20H23NO/c1-14-12-21(13-20(2,3)22-14)19-17-10-6-4-8-15(17)16-9-5-7-11-18(16)19/h4-11,14,19H,12-13H2,1-3H3. The van der Waals surface area contributed by atoms with Crippen molar-refractivity contribution in [1.29, 1.82) is 0 Å². The smallest absolute Gasteiger partial charge is 0.0757 e. The molecule has 1 atom stereocenters. The molecule has 4 rings (SSSR count). The first kappa shape index (κ1) is 14.0. The molecule has 2 heteroatoms. The summed E-state index contributed by atoms with van der Waals surface area (Å²) in [5, 5.41) is 0. The Morgan fingerprint density at radius 3 is 2.05 bits per heavy atom. The molecule has 2 aliphatic rings. The molecule has 1 saturated heterocycles. The summed E-state index contributed by atoms with van der Waals surface area (Å²) in [4.78, 5) is 2.60. The van der Waals surface area contributed by atoms with E-state index >= 15 is 0 Å². The number of nitrogens with zero attached hydrogens (tertiary/aromatic N) is 1. The van der Waals surface area contributed by atoms with E-state index in [4.69, 9.17) is 4.74 Å². The van der Waals surface area contributed by atoms with Crippen molar-refractivity contribution in [2.45, 2.75) is 38.5 Å². The molecule has 1 fully saturated rings. The Bertz CT molecular complexity index is 661. The Morgan fingerprint density at radius 1 is 0.955 bits per heavy atom. The van der Waals surface area contributed by atoms with Crippen LogP contribution in [0.15, 0.2) is 48.5 Å². The van der Waals surface area contributed by atoms with Gasteiger partial charge < -0.3 is 4.74 Å². The van der Waals surface area contributed by atoms with E-state index in [0.717, 1.165) is 13.1 Å². The van der Waals surface area contributed by atoms with Crippen molar-refractivity contribution in [3.05, 3.63) is 59.7 Å². The van der Waals surface area contributed by atoms with Gasteiger partial charge in [-0.2, -0.15) is 0 Å². The van der Waals surface area contributed by atoms with Crippen molar-refractivity contribution in [2.75, 3.05) is 13.1 Å². The van der Waals surface area contributed by atoms with Crippen molar-refractivity contribution < 1.29 is 4.74 Å². The van der Waals surface area contributed by atoms with Gasteiger partial charge in [0.15, 0.2) is 0 Å². The largest absolute Gasteiger partial charge is 0.370 e. The molecule has 0 aromatic heterocycles. The molecule has 1 unspecified atom stereocenters. The van der Waals surface area contributed by atoms with Gasteiger partial charge >= 0.3 is 0 Å². The van der Waals surface area contributed by atoms with Crippen LogP contribution in [0.4, 0.5) is 0 Å². The lowest BCUT2D eigenvalue weighted by molar-refractivity contribution is -0.135. The van der Waals surface area contributed by atoms with E-state index in [-0.39, 0.29) is 11.7 Å². The van der Waals surface area contributed by atoms with Crippen molar-refractivity contribution in [3.8, 4) is 11.1 Å². The molecule has 1 aliphatic heterocycles. The first-order valence-corrected chi connectivity index (χ1v) is 8.15. The summed E-state index contributed by atoms with van der Waals surface area (Å²) in [7, 11) is 0. The predicted octanol–water partition coefficient (Wildman–Crippen LogP) is 4.26. The van der Waals surface area contributed by atoms with Gasteiger partial charge in [-0.25, -0.2) is 0 Å². The van der Waals surface area contributed by atoms with E-state index in [1.165, 1.54) is 22.3 Å². The molecule has 2 aromatic rings. The van der Waals surface area contributed by atoms with Gasteiger partial charge in [-0.05, 0) is 43.0 Å². The Kier molecular flexibility index (Phi) is 3.14. The van der Waals surface area contributed by atoms with E-state index in [9.17, 15) is 0 Å². The number of morpholine rings is 1. The van der Waals surface area contributed by atoms with E-state index in [1.54, 1.807) is 0 Å². The van der Waals surface area contributed by atoms with Crippen molar-refractivity contribution >= 4 is 0 Å². The molecule has 2 aromatic carbocycles. The van der Waals surface area contributed by atoms with Gasteiger partial charge in [-0.15, -0.1) is 0 Å². The Morgan fingerprint density at radius 2 is 1.50 bits per heavy atom. The summed E-state index contributed by atoms with van der Waals surface area (Å²) in [6.07, 6.45) is 0.267. The summed E-state index contributed by atoms with van der Waals surface area (Å²) in [6.45, 7) is 8.52. The third kappa shape index (κ3) is 2.18. The van der Waals surface area contributed by atoms with Crippen LogP contribution in [0.3, 0.4) is 0 Å². The average molecular weight is 293 g/mol. The highest BCUT2D eigenvalue weighted by molar-refractivity contribution is 5.78. The quantitative estimate of drug-likeness (QED) is 0.779. The number of fused-ring (bicyclic) bond motifs is 3. The highest BCUT2D eigenvalue weighted by atomic mass is 16.5. The van der Waals surface area contributed by atoms with Gasteiger partial charge in [0.1, 0.15) is 0 Å². The zero-order valence-corrected chi connectivity index (χ0v) is 13.5. The van der Waals surface area contributed by atoms with Gasteiger partial charge in [-0.3, -0.25) is 4.90 Å². The van der Waals surface area contributed by atoms with Gasteiger partial charge in [0, 0.05) is 13.1 Å². The van der Waals surface area contributed by atoms with Crippen molar-refractivity contribution in [1.82, 2.24) is 4.90 Å². The number of rotatable bonds is 1. The van der Waals surface area contributed by atoms with Crippen LogP contribution in [0.5, 0.6) is 0 Å². The van der Waals surface area contributed by atoms with Crippen molar-refractivity contribution in [2.24, 2.45) is 0 Å². The van der Waals surface area contributed by atoms with Crippen LogP contribution < -0.4 is 0 Å². The topological polar surface area (TPSA) is 12.5 Å². The van der Waals surface area contributed by atoms with E-state index in [2.05, 4.69) is 74.2 Å². The molecule has 22 heavy (non-hydrogen) atoms. The van der Waals surface area contributed by atoms with Crippen LogP contribution in [0.1, 0.15) is 37.9 Å². The van der Waals surface area contributed by atoms with Crippen molar-refractivity contribution in [3.63, 3.8) is 0 Å². The average Bonchev–Trinajstić information content (AvgIpc) is 2.79. The first-order valence-electron chi connectivity index (χ1n) is 8.15. The molecular weight excluding hydrogens is 270 g/mol. The molecule has 114 valence electrons. The summed E-state index contributed by atoms with van der Waals surface area (Å²) in [5.41, 5.74) is 5.56. The third-order valence-corrected chi connectivity index (χ3v) is 4.76. The minimum atomic E-state index is -0.0931. The summed E-state index contributed by atoms with van der Waals surface area (Å²) >= 11 is 0. The van der Waals surface area contributed by atoms with Gasteiger partial charge in [0.2, 0.25) is 0 Å². The number of hydrogen-bond donors (Lipinski definition) is 0. The van der Waals surface area contributed by atoms with Crippen LogP contribution in [-0.4, -0.2) is 29.7 Å². The summed E-state index contributed by atoms with van der Waals surface area (Å²) < 4.78 is 6.10. The van der Waals surface area contributed by atoms with Gasteiger partial charge in [-0.1, -0.05) is 48.5 Å². The Labute approximate surface area is 132 Å².